The maximum absolute atomic E-state index is 14.9. The topological polar surface area (TPSA) is 76.5 Å². The number of rotatable bonds is 7. The van der Waals surface area contributed by atoms with Crippen LogP contribution in [0.3, 0.4) is 0 Å². The molecule has 7 nitrogen and oxygen atoms in total. The van der Waals surface area contributed by atoms with Crippen LogP contribution in [0.15, 0.2) is 41.3 Å². The number of pyridine rings is 2. The Bertz CT molecular complexity index is 1450. The maximum atomic E-state index is 14.9. The first-order valence-electron chi connectivity index (χ1n) is 12.2. The van der Waals surface area contributed by atoms with Gasteiger partial charge in [-0.05, 0) is 48.4 Å². The molecule has 1 amide bonds. The third kappa shape index (κ3) is 4.61. The molecule has 3 heterocycles. The highest BCUT2D eigenvalue weighted by atomic mass is 19.4. The molecule has 1 saturated heterocycles. The van der Waals surface area contributed by atoms with Gasteiger partial charge < -0.3 is 15.0 Å². The fourth-order valence-electron chi connectivity index (χ4n) is 5.32. The number of nitrogens with zero attached hydrogens (tertiary/aromatic N) is 3. The van der Waals surface area contributed by atoms with E-state index in [0.29, 0.717) is 36.2 Å². The summed E-state index contributed by atoms with van der Waals surface area (Å²) in [6.07, 6.45) is -4.22. The number of aromatic nitrogens is 2. The van der Waals surface area contributed by atoms with Gasteiger partial charge in [-0.15, -0.1) is 0 Å². The van der Waals surface area contributed by atoms with Crippen molar-refractivity contribution in [2.24, 2.45) is 17.8 Å². The quantitative estimate of drug-likeness (QED) is 0.461. The van der Waals surface area contributed by atoms with E-state index in [-0.39, 0.29) is 16.7 Å². The highest BCUT2D eigenvalue weighted by Crippen LogP contribution is 2.52. The minimum Gasteiger partial charge on any atom is -0.384 e. The molecule has 2 aliphatic rings. The van der Waals surface area contributed by atoms with Gasteiger partial charge in [-0.3, -0.25) is 14.2 Å². The van der Waals surface area contributed by atoms with Gasteiger partial charge in [0.2, 0.25) is 5.43 Å². The molecular formula is C26H25F5N4O3. The van der Waals surface area contributed by atoms with Crippen LogP contribution in [0.1, 0.15) is 23.7 Å². The van der Waals surface area contributed by atoms with Gasteiger partial charge in [0.15, 0.2) is 5.65 Å². The monoisotopic (exact) mass is 536 g/mol. The Morgan fingerprint density at radius 2 is 1.89 bits per heavy atom. The molecule has 0 spiro atoms. The van der Waals surface area contributed by atoms with E-state index in [2.05, 4.69) is 4.98 Å². The van der Waals surface area contributed by atoms with Crippen molar-refractivity contribution in [1.82, 2.24) is 14.9 Å². The first-order valence-corrected chi connectivity index (χ1v) is 12.2. The van der Waals surface area contributed by atoms with Crippen molar-refractivity contribution in [1.29, 1.82) is 0 Å². The average Bonchev–Trinajstić information content (AvgIpc) is 3.29. The van der Waals surface area contributed by atoms with Crippen molar-refractivity contribution in [2.45, 2.75) is 25.6 Å². The predicted molar refractivity (Wildman–Crippen MR) is 129 cm³/mol. The van der Waals surface area contributed by atoms with E-state index in [1.54, 1.807) is 13.2 Å². The number of nitrogens with one attached hydrogen (secondary N) is 1. The van der Waals surface area contributed by atoms with Crippen LogP contribution >= 0.6 is 0 Å². The van der Waals surface area contributed by atoms with Crippen LogP contribution in [0.25, 0.3) is 16.7 Å². The lowest BCUT2D eigenvalue weighted by Gasteiger charge is -2.22. The minimum absolute atomic E-state index is 0.00793. The number of fused-ring (bicyclic) bond motifs is 2. The molecule has 2 fully saturated rings. The Morgan fingerprint density at radius 3 is 2.50 bits per heavy atom. The Labute approximate surface area is 214 Å². The summed E-state index contributed by atoms with van der Waals surface area (Å²) in [6, 6.07) is 3.57. The molecule has 2 unspecified atom stereocenters. The Kier molecular flexibility index (Phi) is 6.62. The second kappa shape index (κ2) is 9.64. The number of alkyl halides is 3. The van der Waals surface area contributed by atoms with Gasteiger partial charge in [-0.2, -0.15) is 13.2 Å². The van der Waals surface area contributed by atoms with Gasteiger partial charge in [0, 0.05) is 39.1 Å². The number of ether oxygens (including phenoxy) is 1. The third-order valence-corrected chi connectivity index (χ3v) is 7.41. The molecular weight excluding hydrogens is 511 g/mol. The molecule has 0 radical (unpaired) electrons. The summed E-state index contributed by atoms with van der Waals surface area (Å²) in [4.78, 5) is 32.7. The molecule has 1 aliphatic carbocycles. The van der Waals surface area contributed by atoms with Crippen molar-refractivity contribution in [2.75, 3.05) is 31.7 Å². The lowest BCUT2D eigenvalue weighted by Crippen LogP contribution is -2.46. The van der Waals surface area contributed by atoms with E-state index in [0.717, 1.165) is 36.0 Å². The van der Waals surface area contributed by atoms with Crippen molar-refractivity contribution >= 4 is 22.8 Å². The third-order valence-electron chi connectivity index (χ3n) is 7.41. The Morgan fingerprint density at radius 1 is 1.18 bits per heavy atom. The summed E-state index contributed by atoms with van der Waals surface area (Å²) in [7, 11) is 1.66. The van der Waals surface area contributed by atoms with Crippen LogP contribution in [0.5, 0.6) is 0 Å². The second-order valence-corrected chi connectivity index (χ2v) is 9.71. The van der Waals surface area contributed by atoms with Crippen molar-refractivity contribution < 1.29 is 31.5 Å². The highest BCUT2D eigenvalue weighted by molar-refractivity contribution is 5.97. The molecule has 4 atom stereocenters. The number of hydrogen-bond acceptors (Lipinski definition) is 5. The summed E-state index contributed by atoms with van der Waals surface area (Å²) in [5.41, 5.74) is -1.70. The molecule has 1 aromatic carbocycles. The van der Waals surface area contributed by atoms with E-state index in [9.17, 15) is 31.5 Å². The summed E-state index contributed by atoms with van der Waals surface area (Å²) in [5, 5.41) is 1.75. The minimum atomic E-state index is -4.72. The number of halogens is 5. The molecule has 1 aliphatic heterocycles. The number of piperidine rings is 1. The molecule has 1 N–H and O–H groups in total. The number of amides is 1. The summed E-state index contributed by atoms with van der Waals surface area (Å²) in [5.74, 6) is -1.19. The molecule has 0 bridgehead atoms. The fourth-order valence-corrected chi connectivity index (χ4v) is 5.32. The molecule has 1 saturated carbocycles. The number of methoxy groups -OCH3 is 1. The van der Waals surface area contributed by atoms with E-state index in [4.69, 9.17) is 4.74 Å². The SMILES string of the molecule is CCC(NC(=O)c1cn(-c2ccc(F)cc2F)c2nc(N3C[C@@H]4C(COC)[C@@H]4C3)ccc2c1=O)C(F)(F)F. The Hall–Kier alpha value is -3.54. The first kappa shape index (κ1) is 26.1. The molecule has 202 valence electrons. The summed E-state index contributed by atoms with van der Waals surface area (Å²) >= 11 is 0. The lowest BCUT2D eigenvalue weighted by atomic mass is 10.1. The molecule has 2 aromatic heterocycles. The van der Waals surface area contributed by atoms with E-state index in [1.165, 1.54) is 13.0 Å². The van der Waals surface area contributed by atoms with Gasteiger partial charge >= 0.3 is 6.18 Å². The van der Waals surface area contributed by atoms with Gasteiger partial charge in [0.25, 0.3) is 5.91 Å². The van der Waals surface area contributed by atoms with Gasteiger partial charge in [0.05, 0.1) is 11.1 Å². The average molecular weight is 537 g/mol. The van der Waals surface area contributed by atoms with Crippen LogP contribution in [-0.4, -0.2) is 54.5 Å². The zero-order chi connectivity index (χ0) is 27.4. The van der Waals surface area contributed by atoms with Crippen LogP contribution in [-0.2, 0) is 4.74 Å². The number of hydrogen-bond donors (Lipinski definition) is 1. The molecule has 5 rings (SSSR count). The molecule has 3 aromatic rings. The van der Waals surface area contributed by atoms with Crippen LogP contribution in [0.2, 0.25) is 0 Å². The first-order chi connectivity index (χ1) is 18.0. The zero-order valence-electron chi connectivity index (χ0n) is 20.6. The lowest BCUT2D eigenvalue weighted by molar-refractivity contribution is -0.153. The summed E-state index contributed by atoms with van der Waals surface area (Å²) in [6.45, 7) is 3.37. The van der Waals surface area contributed by atoms with E-state index in [1.807, 2.05) is 10.2 Å². The highest BCUT2D eigenvalue weighted by Gasteiger charge is 2.55. The summed E-state index contributed by atoms with van der Waals surface area (Å²) < 4.78 is 74.7. The fraction of sp³-hybridized carbons (Fsp3) is 0.423. The zero-order valence-corrected chi connectivity index (χ0v) is 20.6. The predicted octanol–water partition coefficient (Wildman–Crippen LogP) is 4.06. The van der Waals surface area contributed by atoms with Gasteiger partial charge in [0.1, 0.15) is 29.1 Å². The Balaban J connectivity index is 1.59. The van der Waals surface area contributed by atoms with Crippen molar-refractivity contribution in [3.8, 4) is 5.69 Å². The van der Waals surface area contributed by atoms with Crippen LogP contribution in [0.4, 0.5) is 27.8 Å². The largest absolute Gasteiger partial charge is 0.408 e. The van der Waals surface area contributed by atoms with Crippen molar-refractivity contribution in [3.63, 3.8) is 0 Å². The molecule has 12 heteroatoms. The van der Waals surface area contributed by atoms with Crippen LogP contribution < -0.4 is 15.6 Å². The van der Waals surface area contributed by atoms with Gasteiger partial charge in [-0.25, -0.2) is 13.8 Å². The number of carbonyl (C=O) groups is 1. The second-order valence-electron chi connectivity index (χ2n) is 9.71. The van der Waals surface area contributed by atoms with Gasteiger partial charge in [-0.1, -0.05) is 6.92 Å². The van der Waals surface area contributed by atoms with E-state index < -0.39 is 47.2 Å². The number of benzene rings is 1. The maximum Gasteiger partial charge on any atom is 0.408 e. The smallest absolute Gasteiger partial charge is 0.384 e. The molecule has 38 heavy (non-hydrogen) atoms. The normalized spacial score (nSPS) is 21.4. The number of anilines is 1. The van der Waals surface area contributed by atoms with Crippen molar-refractivity contribution in [3.05, 3.63) is 63.9 Å². The number of carbonyl (C=O) groups excluding carboxylic acids is 1. The van der Waals surface area contributed by atoms with Crippen LogP contribution in [0, 0.1) is 29.4 Å². The van der Waals surface area contributed by atoms with E-state index >= 15 is 0 Å². The standard InChI is InChI=1S/C26H25F5N4O3/c1-3-21(26(29,30)31)32-25(37)17-11-35(20-6-4-13(27)8-19(20)28)24-14(23(17)36)5-7-22(33-24)34-9-15-16(10-34)18(15)12-38-2/h4-8,11,15-16,18,21H,3,9-10,12H2,1-2H3,(H,32,37)/t15-,16+,18?,21?.